The third-order valence-corrected chi connectivity index (χ3v) is 5.70. The molecule has 156 valence electrons. The van der Waals surface area contributed by atoms with Crippen molar-refractivity contribution in [3.05, 3.63) is 90.8 Å². The topological polar surface area (TPSA) is 111 Å². The first-order valence-corrected chi connectivity index (χ1v) is 10.9. The van der Waals surface area contributed by atoms with Gasteiger partial charge in [-0.3, -0.25) is 9.78 Å². The van der Waals surface area contributed by atoms with E-state index in [0.717, 1.165) is 10.8 Å². The van der Waals surface area contributed by atoms with Crippen LogP contribution in [0, 0.1) is 0 Å². The first-order valence-electron chi connectivity index (χ1n) is 9.39. The highest BCUT2D eigenvalue weighted by molar-refractivity contribution is 7.89. The molecule has 4 rings (SSSR count). The summed E-state index contributed by atoms with van der Waals surface area (Å²) in [6.07, 6.45) is 3.47. The number of nitrogens with one attached hydrogen (secondary N) is 1. The zero-order valence-corrected chi connectivity index (χ0v) is 17.2. The van der Waals surface area contributed by atoms with Gasteiger partial charge in [-0.15, -0.1) is 0 Å². The number of carbonyl (C=O) groups is 1. The number of primary sulfonamides is 1. The second-order valence-electron chi connectivity index (χ2n) is 6.80. The summed E-state index contributed by atoms with van der Waals surface area (Å²) in [6, 6.07) is 20.6. The van der Waals surface area contributed by atoms with Crippen molar-refractivity contribution in [1.82, 2.24) is 10.3 Å². The van der Waals surface area contributed by atoms with Crippen LogP contribution in [0.4, 0.5) is 0 Å². The van der Waals surface area contributed by atoms with Crippen LogP contribution in [-0.2, 0) is 10.0 Å². The molecule has 0 aliphatic heterocycles. The van der Waals surface area contributed by atoms with E-state index in [-0.39, 0.29) is 17.5 Å². The van der Waals surface area contributed by atoms with Gasteiger partial charge in [0.05, 0.1) is 4.90 Å². The van der Waals surface area contributed by atoms with Crippen LogP contribution in [0.15, 0.2) is 90.1 Å². The minimum Gasteiger partial charge on any atom is -0.473 e. The van der Waals surface area contributed by atoms with Crippen molar-refractivity contribution >= 4 is 26.7 Å². The summed E-state index contributed by atoms with van der Waals surface area (Å²) in [5, 5.41) is 9.99. The molecule has 0 spiro atoms. The molecule has 3 aromatic carbocycles. The summed E-state index contributed by atoms with van der Waals surface area (Å²) < 4.78 is 29.2. The van der Waals surface area contributed by atoms with Crippen molar-refractivity contribution in [2.45, 2.75) is 4.90 Å². The van der Waals surface area contributed by atoms with Gasteiger partial charge in [0, 0.05) is 28.9 Å². The molecular formula is C23H19N3O4S. The number of aromatic nitrogens is 1. The molecule has 1 heterocycles. The van der Waals surface area contributed by atoms with Crippen LogP contribution in [-0.4, -0.2) is 26.0 Å². The van der Waals surface area contributed by atoms with Gasteiger partial charge in [-0.25, -0.2) is 13.6 Å². The van der Waals surface area contributed by atoms with Crippen molar-refractivity contribution in [2.75, 3.05) is 6.73 Å². The van der Waals surface area contributed by atoms with Gasteiger partial charge in [0.2, 0.25) is 10.0 Å². The fraction of sp³-hybridized carbons (Fsp3) is 0.0435. The summed E-state index contributed by atoms with van der Waals surface area (Å²) >= 11 is 0. The average molecular weight is 433 g/mol. The third-order valence-electron chi connectivity index (χ3n) is 4.74. The lowest BCUT2D eigenvalue weighted by Crippen LogP contribution is -2.27. The van der Waals surface area contributed by atoms with E-state index in [1.807, 2.05) is 24.3 Å². The maximum atomic E-state index is 12.4. The number of benzene rings is 3. The van der Waals surface area contributed by atoms with Crippen LogP contribution in [0.25, 0.3) is 21.9 Å². The van der Waals surface area contributed by atoms with Crippen molar-refractivity contribution in [3.8, 4) is 16.9 Å². The number of rotatable bonds is 6. The molecule has 0 unspecified atom stereocenters. The molecule has 0 saturated heterocycles. The Morgan fingerprint density at radius 3 is 2.52 bits per heavy atom. The lowest BCUT2D eigenvalue weighted by Gasteiger charge is -2.10. The Morgan fingerprint density at radius 2 is 1.74 bits per heavy atom. The Hall–Kier alpha value is -3.75. The number of hydrogen-bond acceptors (Lipinski definition) is 5. The highest BCUT2D eigenvalue weighted by Crippen LogP contribution is 2.26. The van der Waals surface area contributed by atoms with Crippen molar-refractivity contribution in [2.24, 2.45) is 5.14 Å². The smallest absolute Gasteiger partial charge is 0.253 e. The minimum atomic E-state index is -3.86. The van der Waals surface area contributed by atoms with E-state index in [1.165, 1.54) is 6.07 Å². The lowest BCUT2D eigenvalue weighted by molar-refractivity contribution is 0.0919. The van der Waals surface area contributed by atoms with E-state index in [9.17, 15) is 13.2 Å². The van der Waals surface area contributed by atoms with Gasteiger partial charge in [-0.2, -0.15) is 0 Å². The molecular weight excluding hydrogens is 414 g/mol. The fourth-order valence-electron chi connectivity index (χ4n) is 3.19. The predicted octanol–water partition coefficient (Wildman–Crippen LogP) is 3.32. The molecule has 3 N–H and O–H groups in total. The van der Waals surface area contributed by atoms with E-state index in [1.54, 1.807) is 54.9 Å². The van der Waals surface area contributed by atoms with Crippen molar-refractivity contribution in [3.63, 3.8) is 0 Å². The number of hydrogen-bond donors (Lipinski definition) is 2. The molecule has 1 amide bonds. The van der Waals surface area contributed by atoms with Gasteiger partial charge in [-0.1, -0.05) is 36.4 Å². The number of sulfonamides is 1. The van der Waals surface area contributed by atoms with Gasteiger partial charge in [0.1, 0.15) is 5.75 Å². The number of nitrogens with zero attached hydrogens (tertiary/aromatic N) is 1. The van der Waals surface area contributed by atoms with E-state index in [2.05, 4.69) is 10.3 Å². The standard InChI is InChI=1S/C23H19N3O4S/c24-31(28,29)22-4-2-1-3-21(22)17-5-7-18(8-6-17)23(27)26-15-30-20-10-9-16-11-12-25-14-19(16)13-20/h1-14H,15H2,(H,26,27)(H2,24,28,29). The summed E-state index contributed by atoms with van der Waals surface area (Å²) in [5.74, 6) is 0.310. The van der Waals surface area contributed by atoms with Gasteiger partial charge < -0.3 is 10.1 Å². The number of pyridine rings is 1. The molecule has 4 aromatic rings. The van der Waals surface area contributed by atoms with Gasteiger partial charge in [0.25, 0.3) is 5.91 Å². The molecule has 7 nitrogen and oxygen atoms in total. The summed E-state index contributed by atoms with van der Waals surface area (Å²) in [4.78, 5) is 16.5. The van der Waals surface area contributed by atoms with E-state index >= 15 is 0 Å². The second kappa shape index (κ2) is 8.55. The molecule has 0 aliphatic carbocycles. The quantitative estimate of drug-likeness (QED) is 0.453. The van der Waals surface area contributed by atoms with E-state index in [4.69, 9.17) is 9.88 Å². The first-order chi connectivity index (χ1) is 14.9. The number of nitrogens with two attached hydrogens (primary N) is 1. The Labute approximate surface area is 179 Å². The highest BCUT2D eigenvalue weighted by Gasteiger charge is 2.15. The second-order valence-corrected chi connectivity index (χ2v) is 8.33. The maximum Gasteiger partial charge on any atom is 0.253 e. The van der Waals surface area contributed by atoms with Crippen LogP contribution in [0.2, 0.25) is 0 Å². The Balaban J connectivity index is 1.42. The third kappa shape index (κ3) is 4.71. The minimum absolute atomic E-state index is 0.000599. The average Bonchev–Trinajstić information content (AvgIpc) is 2.78. The summed E-state index contributed by atoms with van der Waals surface area (Å²) in [6.45, 7) is 0.000599. The highest BCUT2D eigenvalue weighted by atomic mass is 32.2. The van der Waals surface area contributed by atoms with Gasteiger partial charge >= 0.3 is 0 Å². The number of carbonyl (C=O) groups excluding carboxylic acids is 1. The van der Waals surface area contributed by atoms with Gasteiger partial charge in [-0.05, 0) is 47.3 Å². The van der Waals surface area contributed by atoms with Crippen molar-refractivity contribution < 1.29 is 17.9 Å². The maximum absolute atomic E-state index is 12.4. The molecule has 0 fully saturated rings. The van der Waals surface area contributed by atoms with E-state index in [0.29, 0.717) is 22.4 Å². The van der Waals surface area contributed by atoms with Crippen LogP contribution >= 0.6 is 0 Å². The van der Waals surface area contributed by atoms with E-state index < -0.39 is 10.0 Å². The molecule has 8 heteroatoms. The van der Waals surface area contributed by atoms with Crippen LogP contribution in [0.1, 0.15) is 10.4 Å². The molecule has 0 bridgehead atoms. The number of ether oxygens (including phenoxy) is 1. The molecule has 0 atom stereocenters. The molecule has 31 heavy (non-hydrogen) atoms. The molecule has 1 aromatic heterocycles. The summed E-state index contributed by atoms with van der Waals surface area (Å²) in [5.41, 5.74) is 1.54. The summed E-state index contributed by atoms with van der Waals surface area (Å²) in [7, 11) is -3.86. The fourth-order valence-corrected chi connectivity index (χ4v) is 3.95. The number of fused-ring (bicyclic) bond motifs is 1. The largest absolute Gasteiger partial charge is 0.473 e. The van der Waals surface area contributed by atoms with Crippen LogP contribution in [0.5, 0.6) is 5.75 Å². The lowest BCUT2D eigenvalue weighted by atomic mass is 10.0. The molecule has 0 aliphatic rings. The number of amides is 1. The molecule has 0 saturated carbocycles. The van der Waals surface area contributed by atoms with Crippen LogP contribution < -0.4 is 15.2 Å². The van der Waals surface area contributed by atoms with Crippen molar-refractivity contribution in [1.29, 1.82) is 0 Å². The molecule has 0 radical (unpaired) electrons. The van der Waals surface area contributed by atoms with Crippen LogP contribution in [0.3, 0.4) is 0 Å². The Bertz CT molecular complexity index is 1350. The zero-order valence-electron chi connectivity index (χ0n) is 16.4. The monoisotopic (exact) mass is 433 g/mol. The zero-order chi connectivity index (χ0) is 21.8. The Morgan fingerprint density at radius 1 is 0.968 bits per heavy atom. The predicted molar refractivity (Wildman–Crippen MR) is 118 cm³/mol. The Kier molecular flexibility index (Phi) is 5.66. The first kappa shape index (κ1) is 20.5. The van der Waals surface area contributed by atoms with Gasteiger partial charge in [0.15, 0.2) is 6.73 Å². The SMILES string of the molecule is NS(=O)(=O)c1ccccc1-c1ccc(C(=O)NCOc2ccc3ccncc3c2)cc1. The normalized spacial score (nSPS) is 11.3.